The summed E-state index contributed by atoms with van der Waals surface area (Å²) >= 11 is 3.47. The summed E-state index contributed by atoms with van der Waals surface area (Å²) < 4.78 is 6.75. The zero-order valence-corrected chi connectivity index (χ0v) is 16.8. The van der Waals surface area contributed by atoms with E-state index in [4.69, 9.17) is 4.74 Å². The number of benzene rings is 3. The first-order valence-corrected chi connectivity index (χ1v) is 9.34. The minimum atomic E-state index is -0.0409. The van der Waals surface area contributed by atoms with Crippen LogP contribution in [0.3, 0.4) is 0 Å². The van der Waals surface area contributed by atoms with Crippen LogP contribution < -0.4 is 4.74 Å². The molecule has 0 heterocycles. The zero-order chi connectivity index (χ0) is 18.7. The number of amides is 1. The Morgan fingerprint density at radius 1 is 1.00 bits per heavy atom. The second-order valence-corrected chi connectivity index (χ2v) is 7.54. The van der Waals surface area contributed by atoms with Gasteiger partial charge in [-0.2, -0.15) is 0 Å². The van der Waals surface area contributed by atoms with Gasteiger partial charge in [-0.3, -0.25) is 4.79 Å². The van der Waals surface area contributed by atoms with Gasteiger partial charge in [-0.1, -0.05) is 51.8 Å². The van der Waals surface area contributed by atoms with E-state index in [0.29, 0.717) is 12.3 Å². The zero-order valence-electron chi connectivity index (χ0n) is 15.3. The Hall–Kier alpha value is -2.33. The number of hydrogen-bond acceptors (Lipinski definition) is 2. The van der Waals surface area contributed by atoms with Crippen LogP contribution in [0.15, 0.2) is 59.1 Å². The Morgan fingerprint density at radius 2 is 1.73 bits per heavy atom. The van der Waals surface area contributed by atoms with Crippen LogP contribution in [0, 0.1) is 13.8 Å². The SMILES string of the molecule is Cc1ccc(CN(C)C(=O)COc2ccc3cc(Br)ccc3c2)c(C)c1. The molecule has 3 nitrogen and oxygen atoms in total. The average molecular weight is 412 g/mol. The molecule has 0 unspecified atom stereocenters. The number of ether oxygens (including phenoxy) is 1. The molecule has 0 bridgehead atoms. The molecular formula is C22H22BrNO2. The van der Waals surface area contributed by atoms with Crippen LogP contribution in [0.2, 0.25) is 0 Å². The van der Waals surface area contributed by atoms with Crippen LogP contribution in [-0.4, -0.2) is 24.5 Å². The number of carbonyl (C=O) groups is 1. The summed E-state index contributed by atoms with van der Waals surface area (Å²) in [6.45, 7) is 4.76. The van der Waals surface area contributed by atoms with Gasteiger partial charge in [-0.15, -0.1) is 0 Å². The topological polar surface area (TPSA) is 29.5 Å². The van der Waals surface area contributed by atoms with Crippen LogP contribution in [-0.2, 0) is 11.3 Å². The Labute approximate surface area is 162 Å². The molecule has 0 aromatic heterocycles. The smallest absolute Gasteiger partial charge is 0.260 e. The number of aryl methyl sites for hydroxylation is 2. The number of fused-ring (bicyclic) bond motifs is 1. The lowest BCUT2D eigenvalue weighted by Gasteiger charge is -2.19. The fourth-order valence-corrected chi connectivity index (χ4v) is 3.29. The molecule has 0 atom stereocenters. The van der Waals surface area contributed by atoms with Gasteiger partial charge < -0.3 is 9.64 Å². The minimum absolute atomic E-state index is 0.0312. The van der Waals surface area contributed by atoms with Crippen LogP contribution in [0.1, 0.15) is 16.7 Å². The standard InChI is InChI=1S/C22H22BrNO2/c1-15-4-5-19(16(2)10-15)13-24(3)22(25)14-26-21-9-7-17-11-20(23)8-6-18(17)12-21/h4-12H,13-14H2,1-3H3. The maximum atomic E-state index is 12.4. The maximum Gasteiger partial charge on any atom is 0.260 e. The highest BCUT2D eigenvalue weighted by Gasteiger charge is 2.12. The fraction of sp³-hybridized carbons (Fsp3) is 0.227. The first-order valence-electron chi connectivity index (χ1n) is 8.54. The van der Waals surface area contributed by atoms with E-state index in [0.717, 1.165) is 20.8 Å². The van der Waals surface area contributed by atoms with Crippen molar-refractivity contribution in [3.05, 3.63) is 75.8 Å². The highest BCUT2D eigenvalue weighted by atomic mass is 79.9. The van der Waals surface area contributed by atoms with Crippen molar-refractivity contribution in [2.45, 2.75) is 20.4 Å². The number of nitrogens with zero attached hydrogens (tertiary/aromatic N) is 1. The van der Waals surface area contributed by atoms with E-state index >= 15 is 0 Å². The van der Waals surface area contributed by atoms with Crippen molar-refractivity contribution < 1.29 is 9.53 Å². The van der Waals surface area contributed by atoms with Crippen molar-refractivity contribution in [3.8, 4) is 5.75 Å². The van der Waals surface area contributed by atoms with E-state index in [1.54, 1.807) is 4.90 Å². The van der Waals surface area contributed by atoms with Crippen molar-refractivity contribution >= 4 is 32.6 Å². The van der Waals surface area contributed by atoms with Gasteiger partial charge in [0.05, 0.1) is 0 Å². The molecule has 134 valence electrons. The molecule has 3 aromatic rings. The Balaban J connectivity index is 1.61. The van der Waals surface area contributed by atoms with Crippen molar-refractivity contribution in [2.24, 2.45) is 0 Å². The van der Waals surface area contributed by atoms with Gasteiger partial charge in [-0.05, 0) is 60.0 Å². The van der Waals surface area contributed by atoms with E-state index in [1.807, 2.05) is 37.4 Å². The summed E-state index contributed by atoms with van der Waals surface area (Å²) in [4.78, 5) is 14.1. The molecule has 26 heavy (non-hydrogen) atoms. The maximum absolute atomic E-state index is 12.4. The molecule has 1 amide bonds. The van der Waals surface area contributed by atoms with E-state index in [1.165, 1.54) is 11.1 Å². The number of carbonyl (C=O) groups excluding carboxylic acids is 1. The first kappa shape index (κ1) is 18.5. The van der Waals surface area contributed by atoms with E-state index in [2.05, 4.69) is 54.0 Å². The first-order chi connectivity index (χ1) is 12.4. The third-order valence-corrected chi connectivity index (χ3v) is 4.96. The number of rotatable bonds is 5. The lowest BCUT2D eigenvalue weighted by Crippen LogP contribution is -2.31. The van der Waals surface area contributed by atoms with Crippen molar-refractivity contribution in [1.29, 1.82) is 0 Å². The third kappa shape index (κ3) is 4.44. The lowest BCUT2D eigenvalue weighted by atomic mass is 10.1. The third-order valence-electron chi connectivity index (χ3n) is 4.47. The molecule has 0 aliphatic carbocycles. The van der Waals surface area contributed by atoms with Crippen LogP contribution >= 0.6 is 15.9 Å². The van der Waals surface area contributed by atoms with E-state index < -0.39 is 0 Å². The van der Waals surface area contributed by atoms with Crippen molar-refractivity contribution in [3.63, 3.8) is 0 Å². The molecule has 0 aliphatic rings. The normalized spacial score (nSPS) is 10.8. The summed E-state index contributed by atoms with van der Waals surface area (Å²) in [6.07, 6.45) is 0. The van der Waals surface area contributed by atoms with Gasteiger partial charge in [0.1, 0.15) is 5.75 Å². The monoisotopic (exact) mass is 411 g/mol. The molecule has 0 saturated heterocycles. The van der Waals surface area contributed by atoms with Gasteiger partial charge >= 0.3 is 0 Å². The lowest BCUT2D eigenvalue weighted by molar-refractivity contribution is -0.132. The van der Waals surface area contributed by atoms with E-state index in [9.17, 15) is 4.79 Å². The summed E-state index contributed by atoms with van der Waals surface area (Å²) in [5, 5.41) is 2.21. The van der Waals surface area contributed by atoms with Crippen molar-refractivity contribution in [2.75, 3.05) is 13.7 Å². The van der Waals surface area contributed by atoms with Crippen LogP contribution in [0.4, 0.5) is 0 Å². The summed E-state index contributed by atoms with van der Waals surface area (Å²) in [5.41, 5.74) is 3.58. The molecule has 0 N–H and O–H groups in total. The number of likely N-dealkylation sites (N-methyl/N-ethyl adjacent to an activating group) is 1. The molecule has 0 aliphatic heterocycles. The predicted octanol–water partition coefficient (Wildman–Crippen LogP) is 5.26. The molecular weight excluding hydrogens is 390 g/mol. The Morgan fingerprint density at radius 3 is 2.50 bits per heavy atom. The second kappa shape index (κ2) is 7.92. The fourth-order valence-electron chi connectivity index (χ4n) is 2.91. The highest BCUT2D eigenvalue weighted by molar-refractivity contribution is 9.10. The van der Waals surface area contributed by atoms with Gasteiger partial charge in [-0.25, -0.2) is 0 Å². The number of hydrogen-bond donors (Lipinski definition) is 0. The van der Waals surface area contributed by atoms with Gasteiger partial charge in [0.15, 0.2) is 6.61 Å². The second-order valence-electron chi connectivity index (χ2n) is 6.62. The molecule has 0 fully saturated rings. The Bertz CT molecular complexity index is 952. The average Bonchev–Trinajstić information content (AvgIpc) is 2.61. The quantitative estimate of drug-likeness (QED) is 0.573. The molecule has 0 radical (unpaired) electrons. The molecule has 3 rings (SSSR count). The predicted molar refractivity (Wildman–Crippen MR) is 110 cm³/mol. The largest absolute Gasteiger partial charge is 0.484 e. The van der Waals surface area contributed by atoms with Gasteiger partial charge in [0, 0.05) is 18.1 Å². The van der Waals surface area contributed by atoms with Gasteiger partial charge in [0.25, 0.3) is 5.91 Å². The van der Waals surface area contributed by atoms with Gasteiger partial charge in [0.2, 0.25) is 0 Å². The molecule has 4 heteroatoms. The highest BCUT2D eigenvalue weighted by Crippen LogP contribution is 2.24. The van der Waals surface area contributed by atoms with Crippen LogP contribution in [0.5, 0.6) is 5.75 Å². The van der Waals surface area contributed by atoms with E-state index in [-0.39, 0.29) is 12.5 Å². The van der Waals surface area contributed by atoms with Crippen LogP contribution in [0.25, 0.3) is 10.8 Å². The molecule has 3 aromatic carbocycles. The summed E-state index contributed by atoms with van der Waals surface area (Å²) in [6, 6.07) is 18.2. The minimum Gasteiger partial charge on any atom is -0.484 e. The molecule has 0 saturated carbocycles. The van der Waals surface area contributed by atoms with Crippen molar-refractivity contribution in [1.82, 2.24) is 4.90 Å². The summed E-state index contributed by atoms with van der Waals surface area (Å²) in [5.74, 6) is 0.661. The molecule has 0 spiro atoms. The Kier molecular flexibility index (Phi) is 5.62. The summed E-state index contributed by atoms with van der Waals surface area (Å²) in [7, 11) is 1.81. The number of halogens is 1.